The number of carbonyl (C=O) groups is 1. The molecule has 0 unspecified atom stereocenters. The summed E-state index contributed by atoms with van der Waals surface area (Å²) < 4.78 is 0. The van der Waals surface area contributed by atoms with E-state index in [0.717, 1.165) is 18.4 Å². The molecule has 4 heteroatoms. The average Bonchev–Trinajstić information content (AvgIpc) is 2.35. The van der Waals surface area contributed by atoms with E-state index in [1.165, 1.54) is 0 Å². The second-order valence-electron chi connectivity index (χ2n) is 4.71. The fraction of sp³-hybridized carbons (Fsp3) is 0.500. The first kappa shape index (κ1) is 15.0. The van der Waals surface area contributed by atoms with Gasteiger partial charge in [-0.1, -0.05) is 25.4 Å². The van der Waals surface area contributed by atoms with Crippen molar-refractivity contribution >= 4 is 17.5 Å². The number of carbonyl (C=O) groups excluding carboxylic acids is 1. The maximum absolute atomic E-state index is 12.0. The number of hydrogen-bond donors (Lipinski definition) is 2. The number of aryl methyl sites for hydroxylation is 1. The normalized spacial score (nSPS) is 11.4. The summed E-state index contributed by atoms with van der Waals surface area (Å²) in [5, 5.41) is 3.53. The van der Waals surface area contributed by atoms with Crippen molar-refractivity contribution in [3.05, 3.63) is 34.3 Å². The Hall–Kier alpha value is -1.06. The standard InChI is InChI=1S/C14H21ClN2O/c1-4-14(16,5-2)9-17-13(18)12-7-6-11(15)8-10(12)3/h6-8H,4-5,9,16H2,1-3H3,(H,17,18). The van der Waals surface area contributed by atoms with Gasteiger partial charge >= 0.3 is 0 Å². The molecule has 100 valence electrons. The molecule has 0 radical (unpaired) electrons. The van der Waals surface area contributed by atoms with E-state index < -0.39 is 0 Å². The Kier molecular flexibility index (Phi) is 5.17. The Morgan fingerprint density at radius 2 is 2.00 bits per heavy atom. The van der Waals surface area contributed by atoms with Crippen LogP contribution in [0.15, 0.2) is 18.2 Å². The summed E-state index contributed by atoms with van der Waals surface area (Å²) in [4.78, 5) is 12.0. The maximum atomic E-state index is 12.0. The van der Waals surface area contributed by atoms with Crippen LogP contribution in [0.2, 0.25) is 5.02 Å². The molecule has 1 aromatic carbocycles. The van der Waals surface area contributed by atoms with Gasteiger partial charge in [-0.15, -0.1) is 0 Å². The fourth-order valence-corrected chi connectivity index (χ4v) is 1.96. The number of rotatable bonds is 5. The highest BCUT2D eigenvalue weighted by Crippen LogP contribution is 2.15. The molecule has 0 saturated carbocycles. The average molecular weight is 269 g/mol. The topological polar surface area (TPSA) is 55.1 Å². The number of nitrogens with two attached hydrogens (primary N) is 1. The van der Waals surface area contributed by atoms with Crippen molar-refractivity contribution in [2.75, 3.05) is 6.54 Å². The highest BCUT2D eigenvalue weighted by molar-refractivity contribution is 6.30. The van der Waals surface area contributed by atoms with Crippen LogP contribution >= 0.6 is 11.6 Å². The predicted molar refractivity (Wildman–Crippen MR) is 76.0 cm³/mol. The van der Waals surface area contributed by atoms with Gasteiger partial charge < -0.3 is 11.1 Å². The van der Waals surface area contributed by atoms with Gasteiger partial charge in [0.05, 0.1) is 0 Å². The van der Waals surface area contributed by atoms with Crippen molar-refractivity contribution in [2.24, 2.45) is 5.73 Å². The molecule has 0 bridgehead atoms. The molecule has 3 N–H and O–H groups in total. The number of nitrogens with one attached hydrogen (secondary N) is 1. The number of halogens is 1. The van der Waals surface area contributed by atoms with Crippen LogP contribution in [0, 0.1) is 6.92 Å². The Labute approximate surface area is 114 Å². The predicted octanol–water partition coefficient (Wildman–Crippen LogP) is 2.90. The van der Waals surface area contributed by atoms with E-state index in [2.05, 4.69) is 5.32 Å². The first-order valence-electron chi connectivity index (χ1n) is 6.25. The van der Waals surface area contributed by atoms with E-state index in [0.29, 0.717) is 17.1 Å². The molecule has 0 aliphatic rings. The van der Waals surface area contributed by atoms with Crippen molar-refractivity contribution in [3.8, 4) is 0 Å². The molecule has 0 aliphatic carbocycles. The molecule has 0 aromatic heterocycles. The van der Waals surface area contributed by atoms with Gasteiger partial charge in [0.2, 0.25) is 0 Å². The van der Waals surface area contributed by atoms with Crippen LogP contribution in [0.25, 0.3) is 0 Å². The van der Waals surface area contributed by atoms with Gasteiger partial charge in [-0.05, 0) is 43.5 Å². The van der Waals surface area contributed by atoms with Crippen molar-refractivity contribution in [2.45, 2.75) is 39.2 Å². The first-order chi connectivity index (χ1) is 8.41. The summed E-state index contributed by atoms with van der Waals surface area (Å²) in [6.07, 6.45) is 1.67. The zero-order valence-electron chi connectivity index (χ0n) is 11.2. The zero-order valence-corrected chi connectivity index (χ0v) is 12.0. The molecule has 3 nitrogen and oxygen atoms in total. The summed E-state index contributed by atoms with van der Waals surface area (Å²) in [6.45, 7) is 6.42. The summed E-state index contributed by atoms with van der Waals surface area (Å²) in [5.74, 6) is -0.0964. The minimum Gasteiger partial charge on any atom is -0.350 e. The molecule has 0 atom stereocenters. The molecule has 0 spiro atoms. The lowest BCUT2D eigenvalue weighted by Crippen LogP contribution is -2.49. The van der Waals surface area contributed by atoms with Gasteiger partial charge in [-0.2, -0.15) is 0 Å². The molecule has 1 aromatic rings. The monoisotopic (exact) mass is 268 g/mol. The summed E-state index contributed by atoms with van der Waals surface area (Å²) >= 11 is 5.86. The van der Waals surface area contributed by atoms with E-state index in [-0.39, 0.29) is 11.4 Å². The Morgan fingerprint density at radius 3 is 2.50 bits per heavy atom. The van der Waals surface area contributed by atoms with E-state index in [4.69, 9.17) is 17.3 Å². The van der Waals surface area contributed by atoms with Crippen LogP contribution in [0.4, 0.5) is 0 Å². The number of amides is 1. The van der Waals surface area contributed by atoms with Crippen molar-refractivity contribution in [1.29, 1.82) is 0 Å². The van der Waals surface area contributed by atoms with Crippen LogP contribution in [0.5, 0.6) is 0 Å². The Bertz CT molecular complexity index is 428. The Balaban J connectivity index is 2.71. The van der Waals surface area contributed by atoms with Crippen molar-refractivity contribution < 1.29 is 4.79 Å². The highest BCUT2D eigenvalue weighted by Gasteiger charge is 2.21. The molecule has 1 amide bonds. The number of hydrogen-bond acceptors (Lipinski definition) is 2. The van der Waals surface area contributed by atoms with E-state index >= 15 is 0 Å². The molecule has 0 heterocycles. The molecular formula is C14H21ClN2O. The summed E-state index contributed by atoms with van der Waals surface area (Å²) in [5.41, 5.74) is 7.34. The number of benzene rings is 1. The first-order valence-corrected chi connectivity index (χ1v) is 6.63. The van der Waals surface area contributed by atoms with Crippen molar-refractivity contribution in [3.63, 3.8) is 0 Å². The molecule has 0 fully saturated rings. The Morgan fingerprint density at radius 1 is 1.39 bits per heavy atom. The molecular weight excluding hydrogens is 248 g/mol. The van der Waals surface area contributed by atoms with Gasteiger partial charge in [0.1, 0.15) is 0 Å². The summed E-state index contributed by atoms with van der Waals surface area (Å²) in [7, 11) is 0. The van der Waals surface area contributed by atoms with Crippen LogP contribution in [0.3, 0.4) is 0 Å². The van der Waals surface area contributed by atoms with Crippen LogP contribution in [0.1, 0.15) is 42.6 Å². The van der Waals surface area contributed by atoms with E-state index in [1.54, 1.807) is 18.2 Å². The van der Waals surface area contributed by atoms with Gasteiger partial charge in [-0.3, -0.25) is 4.79 Å². The van der Waals surface area contributed by atoms with E-state index in [1.807, 2.05) is 20.8 Å². The lowest BCUT2D eigenvalue weighted by atomic mass is 9.94. The largest absolute Gasteiger partial charge is 0.350 e. The van der Waals surface area contributed by atoms with E-state index in [9.17, 15) is 4.79 Å². The second-order valence-corrected chi connectivity index (χ2v) is 5.15. The third-order valence-electron chi connectivity index (χ3n) is 3.44. The minimum atomic E-state index is -0.323. The lowest BCUT2D eigenvalue weighted by molar-refractivity contribution is 0.0941. The van der Waals surface area contributed by atoms with Crippen LogP contribution < -0.4 is 11.1 Å². The molecule has 18 heavy (non-hydrogen) atoms. The lowest BCUT2D eigenvalue weighted by Gasteiger charge is -2.26. The molecule has 0 aliphatic heterocycles. The van der Waals surface area contributed by atoms with Gasteiger partial charge in [-0.25, -0.2) is 0 Å². The fourth-order valence-electron chi connectivity index (χ4n) is 1.73. The third kappa shape index (κ3) is 3.72. The summed E-state index contributed by atoms with van der Waals surface area (Å²) in [6, 6.07) is 5.24. The van der Waals surface area contributed by atoms with Crippen LogP contribution in [-0.2, 0) is 0 Å². The minimum absolute atomic E-state index is 0.0964. The quantitative estimate of drug-likeness (QED) is 0.863. The zero-order chi connectivity index (χ0) is 13.8. The second kappa shape index (κ2) is 6.21. The molecule has 0 saturated heterocycles. The maximum Gasteiger partial charge on any atom is 0.251 e. The smallest absolute Gasteiger partial charge is 0.251 e. The van der Waals surface area contributed by atoms with Gasteiger partial charge in [0, 0.05) is 22.7 Å². The van der Waals surface area contributed by atoms with Gasteiger partial charge in [0.25, 0.3) is 5.91 Å². The van der Waals surface area contributed by atoms with Crippen molar-refractivity contribution in [1.82, 2.24) is 5.32 Å². The third-order valence-corrected chi connectivity index (χ3v) is 3.68. The SMILES string of the molecule is CCC(N)(CC)CNC(=O)c1ccc(Cl)cc1C. The highest BCUT2D eigenvalue weighted by atomic mass is 35.5. The van der Waals surface area contributed by atoms with Crippen LogP contribution in [-0.4, -0.2) is 18.0 Å². The van der Waals surface area contributed by atoms with Gasteiger partial charge in [0.15, 0.2) is 0 Å². The molecule has 1 rings (SSSR count).